The number of aromatic nitrogens is 2. The van der Waals surface area contributed by atoms with Crippen molar-refractivity contribution in [2.24, 2.45) is 0 Å². The molecule has 0 aromatic carbocycles. The predicted molar refractivity (Wildman–Crippen MR) is 104 cm³/mol. The van der Waals surface area contributed by atoms with Gasteiger partial charge in [0.25, 0.3) is 0 Å². The first kappa shape index (κ1) is 20.1. The molecular formula is C18H26N4O3S. The summed E-state index contributed by atoms with van der Waals surface area (Å²) in [5.41, 5.74) is 0.792. The second-order valence-corrected chi connectivity index (χ2v) is 6.97. The number of amides is 1. The van der Waals surface area contributed by atoms with E-state index in [9.17, 15) is 9.59 Å². The standard InChI is InChI=1S/C18H26N4O3S/c1-7-22(8-2)13(23)10-21(6)16-14-11(4)15(18(24)25-9-3)26-17(14)20-12(5)19-16/h7-10H2,1-6H3. The van der Waals surface area contributed by atoms with Crippen LogP contribution in [-0.4, -0.2) is 60.0 Å². The molecule has 0 spiro atoms. The van der Waals surface area contributed by atoms with Crippen LogP contribution >= 0.6 is 11.3 Å². The summed E-state index contributed by atoms with van der Waals surface area (Å²) in [6.07, 6.45) is 0. The number of anilines is 1. The van der Waals surface area contributed by atoms with Gasteiger partial charge in [-0.1, -0.05) is 0 Å². The van der Waals surface area contributed by atoms with Gasteiger partial charge >= 0.3 is 5.97 Å². The molecule has 0 N–H and O–H groups in total. The number of likely N-dealkylation sites (N-methyl/N-ethyl adjacent to an activating group) is 2. The van der Waals surface area contributed by atoms with Crippen LogP contribution in [0.2, 0.25) is 0 Å². The smallest absolute Gasteiger partial charge is 0.348 e. The molecule has 0 saturated carbocycles. The highest BCUT2D eigenvalue weighted by atomic mass is 32.1. The molecule has 0 saturated heterocycles. The molecule has 2 aromatic heterocycles. The Balaban J connectivity index is 2.46. The summed E-state index contributed by atoms with van der Waals surface area (Å²) in [7, 11) is 1.84. The third-order valence-corrected chi connectivity index (χ3v) is 5.36. The number of rotatable bonds is 7. The predicted octanol–water partition coefficient (Wildman–Crippen LogP) is 2.79. The highest BCUT2D eigenvalue weighted by Crippen LogP contribution is 2.35. The van der Waals surface area contributed by atoms with Crippen LogP contribution in [0, 0.1) is 13.8 Å². The van der Waals surface area contributed by atoms with Crippen molar-refractivity contribution >= 4 is 39.2 Å². The zero-order valence-electron chi connectivity index (χ0n) is 16.3. The molecule has 2 heterocycles. The lowest BCUT2D eigenvalue weighted by Gasteiger charge is -2.24. The lowest BCUT2D eigenvalue weighted by atomic mass is 10.2. The highest BCUT2D eigenvalue weighted by molar-refractivity contribution is 7.20. The van der Waals surface area contributed by atoms with Gasteiger partial charge in [0.05, 0.1) is 18.5 Å². The van der Waals surface area contributed by atoms with Gasteiger partial charge in [0.1, 0.15) is 21.3 Å². The van der Waals surface area contributed by atoms with Crippen molar-refractivity contribution in [1.29, 1.82) is 0 Å². The summed E-state index contributed by atoms with van der Waals surface area (Å²) in [5, 5.41) is 0.804. The van der Waals surface area contributed by atoms with Gasteiger partial charge in [0, 0.05) is 20.1 Å². The molecule has 0 atom stereocenters. The lowest BCUT2D eigenvalue weighted by Crippen LogP contribution is -2.39. The number of thiophene rings is 1. The molecule has 0 aliphatic carbocycles. The van der Waals surface area contributed by atoms with Crippen molar-refractivity contribution < 1.29 is 14.3 Å². The van der Waals surface area contributed by atoms with Crippen LogP contribution in [0.5, 0.6) is 0 Å². The van der Waals surface area contributed by atoms with Crippen LogP contribution in [0.4, 0.5) is 5.82 Å². The van der Waals surface area contributed by atoms with Gasteiger partial charge in [-0.3, -0.25) is 4.79 Å². The number of carbonyl (C=O) groups excluding carboxylic acids is 2. The normalized spacial score (nSPS) is 10.8. The maximum atomic E-state index is 12.5. The summed E-state index contributed by atoms with van der Waals surface area (Å²) in [6.45, 7) is 11.3. The van der Waals surface area contributed by atoms with Gasteiger partial charge in [0.2, 0.25) is 5.91 Å². The Bertz CT molecular complexity index is 814. The van der Waals surface area contributed by atoms with Crippen LogP contribution in [0.15, 0.2) is 0 Å². The molecule has 0 fully saturated rings. The number of nitrogens with zero attached hydrogens (tertiary/aromatic N) is 4. The van der Waals surface area contributed by atoms with Crippen LogP contribution in [0.25, 0.3) is 10.2 Å². The topological polar surface area (TPSA) is 75.6 Å². The van der Waals surface area contributed by atoms with E-state index in [1.54, 1.807) is 11.8 Å². The molecule has 0 radical (unpaired) electrons. The maximum absolute atomic E-state index is 12.5. The Morgan fingerprint density at radius 3 is 2.35 bits per heavy atom. The lowest BCUT2D eigenvalue weighted by molar-refractivity contribution is -0.129. The molecular weight excluding hydrogens is 352 g/mol. The minimum Gasteiger partial charge on any atom is -0.462 e. The summed E-state index contributed by atoms with van der Waals surface area (Å²) in [5.74, 6) is 0.961. The molecule has 8 heteroatoms. The number of hydrogen-bond acceptors (Lipinski definition) is 7. The minimum absolute atomic E-state index is 0.0421. The Labute approximate surface area is 158 Å². The zero-order valence-corrected chi connectivity index (χ0v) is 17.1. The van der Waals surface area contributed by atoms with Crippen LogP contribution < -0.4 is 4.90 Å². The second kappa shape index (κ2) is 8.44. The summed E-state index contributed by atoms with van der Waals surface area (Å²) >= 11 is 1.30. The van der Waals surface area contributed by atoms with E-state index in [4.69, 9.17) is 4.74 Å². The Kier molecular flexibility index (Phi) is 6.52. The maximum Gasteiger partial charge on any atom is 0.348 e. The summed E-state index contributed by atoms with van der Waals surface area (Å²) in [6, 6.07) is 0. The van der Waals surface area contributed by atoms with E-state index in [0.29, 0.717) is 36.2 Å². The Morgan fingerprint density at radius 2 is 1.77 bits per heavy atom. The van der Waals surface area contributed by atoms with Crippen LogP contribution in [0.1, 0.15) is 41.8 Å². The summed E-state index contributed by atoms with van der Waals surface area (Å²) < 4.78 is 5.14. The van der Waals surface area contributed by atoms with Gasteiger partial charge in [-0.05, 0) is 40.2 Å². The zero-order chi connectivity index (χ0) is 19.4. The molecule has 142 valence electrons. The van der Waals surface area contributed by atoms with Gasteiger partial charge < -0.3 is 14.5 Å². The highest BCUT2D eigenvalue weighted by Gasteiger charge is 2.23. The molecule has 26 heavy (non-hydrogen) atoms. The third-order valence-electron chi connectivity index (χ3n) is 4.19. The van der Waals surface area contributed by atoms with Gasteiger partial charge in [-0.15, -0.1) is 11.3 Å². The molecule has 2 rings (SSSR count). The van der Waals surface area contributed by atoms with E-state index in [-0.39, 0.29) is 18.4 Å². The van der Waals surface area contributed by atoms with Crippen molar-refractivity contribution in [3.05, 3.63) is 16.3 Å². The average molecular weight is 378 g/mol. The summed E-state index contributed by atoms with van der Waals surface area (Å²) in [4.78, 5) is 38.6. The van der Waals surface area contributed by atoms with Crippen LogP contribution in [-0.2, 0) is 9.53 Å². The molecule has 0 bridgehead atoms. The third kappa shape index (κ3) is 3.95. The fraction of sp³-hybridized carbons (Fsp3) is 0.556. The number of fused-ring (bicyclic) bond motifs is 1. The van der Waals surface area contributed by atoms with Crippen molar-refractivity contribution in [3.8, 4) is 0 Å². The first-order chi connectivity index (χ1) is 12.3. The van der Waals surface area contributed by atoms with Crippen molar-refractivity contribution in [2.75, 3.05) is 38.2 Å². The van der Waals surface area contributed by atoms with E-state index in [2.05, 4.69) is 9.97 Å². The van der Waals surface area contributed by atoms with E-state index in [1.807, 2.05) is 39.6 Å². The monoisotopic (exact) mass is 378 g/mol. The fourth-order valence-electron chi connectivity index (χ4n) is 2.84. The Morgan fingerprint density at radius 1 is 1.12 bits per heavy atom. The largest absolute Gasteiger partial charge is 0.462 e. The molecule has 7 nitrogen and oxygen atoms in total. The number of ether oxygens (including phenoxy) is 1. The first-order valence-corrected chi connectivity index (χ1v) is 9.59. The van der Waals surface area contributed by atoms with Gasteiger partial charge in [0.15, 0.2) is 0 Å². The molecule has 1 amide bonds. The van der Waals surface area contributed by atoms with E-state index in [1.165, 1.54) is 11.3 Å². The van der Waals surface area contributed by atoms with E-state index < -0.39 is 0 Å². The second-order valence-electron chi connectivity index (χ2n) is 5.97. The fourth-order valence-corrected chi connectivity index (χ4v) is 3.96. The first-order valence-electron chi connectivity index (χ1n) is 8.77. The molecule has 0 unspecified atom stereocenters. The van der Waals surface area contributed by atoms with E-state index >= 15 is 0 Å². The van der Waals surface area contributed by atoms with Gasteiger partial charge in [-0.25, -0.2) is 14.8 Å². The Hall–Kier alpha value is -2.22. The van der Waals surface area contributed by atoms with Crippen molar-refractivity contribution in [3.63, 3.8) is 0 Å². The molecule has 0 aliphatic heterocycles. The number of carbonyl (C=O) groups is 2. The van der Waals surface area contributed by atoms with E-state index in [0.717, 1.165) is 15.8 Å². The average Bonchev–Trinajstić information content (AvgIpc) is 2.92. The minimum atomic E-state index is -0.349. The number of aryl methyl sites for hydroxylation is 2. The van der Waals surface area contributed by atoms with Crippen LogP contribution in [0.3, 0.4) is 0 Å². The van der Waals surface area contributed by atoms with Crippen molar-refractivity contribution in [2.45, 2.75) is 34.6 Å². The number of esters is 1. The quantitative estimate of drug-likeness (QED) is 0.690. The molecule has 2 aromatic rings. The van der Waals surface area contributed by atoms with Gasteiger partial charge in [-0.2, -0.15) is 0 Å². The SMILES string of the molecule is CCOC(=O)c1sc2nc(C)nc(N(C)CC(=O)N(CC)CC)c2c1C. The molecule has 0 aliphatic rings. The van der Waals surface area contributed by atoms with Crippen molar-refractivity contribution in [1.82, 2.24) is 14.9 Å². The number of hydrogen-bond donors (Lipinski definition) is 0.